The topological polar surface area (TPSA) is 80.1 Å². The largest absolute Gasteiger partial charge is 0.460 e. The molecule has 1 saturated carbocycles. The fourth-order valence-corrected chi connectivity index (χ4v) is 3.45. The minimum absolute atomic E-state index is 0.00668. The molecule has 4 rings (SSSR count). The molecule has 1 aromatic carbocycles. The summed E-state index contributed by atoms with van der Waals surface area (Å²) < 4.78 is 11.6. The number of hydrogen-bond donors (Lipinski definition) is 2. The maximum absolute atomic E-state index is 12.6. The summed E-state index contributed by atoms with van der Waals surface area (Å²) in [4.78, 5) is 12.6. The Kier molecular flexibility index (Phi) is 5.07. The zero-order valence-electron chi connectivity index (χ0n) is 15.3. The zero-order valence-corrected chi connectivity index (χ0v) is 15.3. The van der Waals surface area contributed by atoms with Crippen molar-refractivity contribution >= 4 is 5.91 Å². The molecule has 0 spiro atoms. The van der Waals surface area contributed by atoms with Crippen LogP contribution in [-0.4, -0.2) is 28.3 Å². The third-order valence-electron chi connectivity index (χ3n) is 4.89. The van der Waals surface area contributed by atoms with E-state index >= 15 is 0 Å². The van der Waals surface area contributed by atoms with Gasteiger partial charge in [-0.05, 0) is 43.9 Å². The van der Waals surface area contributed by atoms with Gasteiger partial charge in [0.2, 0.25) is 0 Å². The van der Waals surface area contributed by atoms with Crippen LogP contribution in [0.25, 0.3) is 11.5 Å². The first-order valence-electron chi connectivity index (χ1n) is 9.27. The number of carbonyl (C=O) groups is 1. The number of nitrogens with one attached hydrogen (secondary N) is 2. The van der Waals surface area contributed by atoms with Gasteiger partial charge >= 0.3 is 0 Å². The van der Waals surface area contributed by atoms with E-state index in [9.17, 15) is 4.79 Å². The average Bonchev–Trinajstić information content (AvgIpc) is 3.41. The molecule has 2 atom stereocenters. The summed E-state index contributed by atoms with van der Waals surface area (Å²) in [6.07, 6.45) is 2.94. The van der Waals surface area contributed by atoms with Crippen molar-refractivity contribution in [2.75, 3.05) is 0 Å². The maximum atomic E-state index is 12.6. The molecule has 3 aromatic rings. The summed E-state index contributed by atoms with van der Waals surface area (Å²) in [5.74, 6) is 1.29. The summed E-state index contributed by atoms with van der Waals surface area (Å²) >= 11 is 0. The Labute approximate surface area is 157 Å². The van der Waals surface area contributed by atoms with Gasteiger partial charge in [0.05, 0.1) is 18.8 Å². The first kappa shape index (κ1) is 17.5. The molecule has 6 nitrogen and oxygen atoms in total. The van der Waals surface area contributed by atoms with Crippen LogP contribution in [0.2, 0.25) is 0 Å². The number of nitrogens with zero attached hydrogens (tertiary/aromatic N) is 1. The molecule has 1 fully saturated rings. The summed E-state index contributed by atoms with van der Waals surface area (Å²) in [5, 5.41) is 10.1. The molecule has 140 valence electrons. The summed E-state index contributed by atoms with van der Waals surface area (Å²) in [7, 11) is 0. The van der Waals surface area contributed by atoms with E-state index in [2.05, 4.69) is 15.5 Å². The van der Waals surface area contributed by atoms with Gasteiger partial charge in [-0.1, -0.05) is 30.3 Å². The van der Waals surface area contributed by atoms with E-state index in [1.165, 1.54) is 0 Å². The van der Waals surface area contributed by atoms with Crippen LogP contribution in [0.4, 0.5) is 0 Å². The standard InChI is InChI=1S/C21H23N3O3/c1-14-10-11-20(27-14)17-12-18(24-23-17)21(25)22-16-8-5-9-19(16)26-13-15-6-3-2-4-7-15/h2-4,6-7,10-12,16,19H,5,8-9,13H2,1H3,(H,22,25)(H,23,24)/t16-,19-/m1/s1. The second kappa shape index (κ2) is 7.80. The van der Waals surface area contributed by atoms with Gasteiger partial charge in [0.15, 0.2) is 11.5 Å². The van der Waals surface area contributed by atoms with Crippen molar-refractivity contribution in [2.24, 2.45) is 0 Å². The molecule has 0 aliphatic heterocycles. The molecule has 1 aliphatic rings. The van der Waals surface area contributed by atoms with E-state index in [-0.39, 0.29) is 18.1 Å². The quantitative estimate of drug-likeness (QED) is 0.695. The van der Waals surface area contributed by atoms with Crippen molar-refractivity contribution in [3.8, 4) is 11.5 Å². The third kappa shape index (κ3) is 4.11. The minimum Gasteiger partial charge on any atom is -0.460 e. The highest BCUT2D eigenvalue weighted by atomic mass is 16.5. The highest BCUT2D eigenvalue weighted by molar-refractivity contribution is 5.93. The van der Waals surface area contributed by atoms with E-state index in [0.29, 0.717) is 23.8 Å². The Bertz CT molecular complexity index is 900. The van der Waals surface area contributed by atoms with Crippen molar-refractivity contribution in [3.63, 3.8) is 0 Å². The van der Waals surface area contributed by atoms with Crippen LogP contribution in [-0.2, 0) is 11.3 Å². The number of furan rings is 1. The molecule has 2 heterocycles. The minimum atomic E-state index is -0.194. The van der Waals surface area contributed by atoms with Crippen LogP contribution >= 0.6 is 0 Å². The molecule has 0 saturated heterocycles. The fourth-order valence-electron chi connectivity index (χ4n) is 3.45. The van der Waals surface area contributed by atoms with Crippen LogP contribution < -0.4 is 5.32 Å². The lowest BCUT2D eigenvalue weighted by molar-refractivity contribution is 0.0271. The van der Waals surface area contributed by atoms with E-state index in [4.69, 9.17) is 9.15 Å². The lowest BCUT2D eigenvalue weighted by Crippen LogP contribution is -2.41. The molecular formula is C21H23N3O3. The van der Waals surface area contributed by atoms with E-state index in [1.807, 2.05) is 49.4 Å². The Morgan fingerprint density at radius 1 is 1.26 bits per heavy atom. The molecule has 2 N–H and O–H groups in total. The van der Waals surface area contributed by atoms with Crippen LogP contribution in [0, 0.1) is 6.92 Å². The predicted molar refractivity (Wildman–Crippen MR) is 101 cm³/mol. The average molecular weight is 365 g/mol. The van der Waals surface area contributed by atoms with Crippen molar-refractivity contribution in [1.82, 2.24) is 15.5 Å². The van der Waals surface area contributed by atoms with Gasteiger partial charge in [0.1, 0.15) is 11.5 Å². The van der Waals surface area contributed by atoms with Gasteiger partial charge in [0.25, 0.3) is 5.91 Å². The number of benzene rings is 1. The molecule has 0 radical (unpaired) electrons. The highest BCUT2D eigenvalue weighted by Crippen LogP contribution is 2.24. The second-order valence-electron chi connectivity index (χ2n) is 6.92. The zero-order chi connectivity index (χ0) is 18.6. The smallest absolute Gasteiger partial charge is 0.272 e. The van der Waals surface area contributed by atoms with Gasteiger partial charge < -0.3 is 14.5 Å². The van der Waals surface area contributed by atoms with Gasteiger partial charge in [-0.15, -0.1) is 0 Å². The molecule has 1 aliphatic carbocycles. The number of H-pyrrole nitrogens is 1. The Morgan fingerprint density at radius 2 is 2.11 bits per heavy atom. The Balaban J connectivity index is 1.36. The molecule has 1 amide bonds. The number of amides is 1. The molecule has 6 heteroatoms. The van der Waals surface area contributed by atoms with Crippen LogP contribution in [0.5, 0.6) is 0 Å². The number of aromatic amines is 1. The SMILES string of the molecule is Cc1ccc(-c2cc(C(=O)N[C@@H]3CCC[C@H]3OCc3ccccc3)n[nH]2)o1. The maximum Gasteiger partial charge on any atom is 0.272 e. The van der Waals surface area contributed by atoms with Crippen molar-refractivity contribution in [1.29, 1.82) is 0 Å². The van der Waals surface area contributed by atoms with Crippen LogP contribution in [0.15, 0.2) is 52.9 Å². The fraction of sp³-hybridized carbons (Fsp3) is 0.333. The van der Waals surface area contributed by atoms with Gasteiger partial charge in [-0.2, -0.15) is 5.10 Å². The lowest BCUT2D eigenvalue weighted by atomic mass is 10.2. The Hall–Kier alpha value is -2.86. The number of rotatable bonds is 6. The summed E-state index contributed by atoms with van der Waals surface area (Å²) in [6.45, 7) is 2.44. The number of aryl methyl sites for hydroxylation is 1. The van der Waals surface area contributed by atoms with Gasteiger partial charge in [0, 0.05) is 6.07 Å². The van der Waals surface area contributed by atoms with Crippen LogP contribution in [0.3, 0.4) is 0 Å². The van der Waals surface area contributed by atoms with Crippen molar-refractivity contribution < 1.29 is 13.9 Å². The summed E-state index contributed by atoms with van der Waals surface area (Å²) in [5.41, 5.74) is 2.18. The Morgan fingerprint density at radius 3 is 2.89 bits per heavy atom. The third-order valence-corrected chi connectivity index (χ3v) is 4.89. The number of aromatic nitrogens is 2. The van der Waals surface area contributed by atoms with Crippen molar-refractivity contribution in [2.45, 2.75) is 44.9 Å². The molecular weight excluding hydrogens is 342 g/mol. The predicted octanol–water partition coefficient (Wildman–Crippen LogP) is 3.85. The first-order chi connectivity index (χ1) is 13.2. The van der Waals surface area contributed by atoms with E-state index in [0.717, 1.165) is 30.6 Å². The van der Waals surface area contributed by atoms with E-state index < -0.39 is 0 Å². The molecule has 0 bridgehead atoms. The first-order valence-corrected chi connectivity index (χ1v) is 9.27. The monoisotopic (exact) mass is 365 g/mol. The normalized spacial score (nSPS) is 19.3. The summed E-state index contributed by atoms with van der Waals surface area (Å²) in [6, 6.07) is 15.5. The van der Waals surface area contributed by atoms with E-state index in [1.54, 1.807) is 6.07 Å². The molecule has 2 aromatic heterocycles. The lowest BCUT2D eigenvalue weighted by Gasteiger charge is -2.21. The van der Waals surface area contributed by atoms with Gasteiger partial charge in [-0.25, -0.2) is 0 Å². The number of hydrogen-bond acceptors (Lipinski definition) is 4. The van der Waals surface area contributed by atoms with Crippen LogP contribution in [0.1, 0.15) is 41.1 Å². The molecule has 0 unspecified atom stereocenters. The number of ether oxygens (including phenoxy) is 1. The van der Waals surface area contributed by atoms with Gasteiger partial charge in [-0.3, -0.25) is 9.89 Å². The molecule has 27 heavy (non-hydrogen) atoms. The van der Waals surface area contributed by atoms with Crippen molar-refractivity contribution in [3.05, 3.63) is 65.5 Å². The highest BCUT2D eigenvalue weighted by Gasteiger charge is 2.30. The second-order valence-corrected chi connectivity index (χ2v) is 6.92. The number of carbonyl (C=O) groups excluding carboxylic acids is 1.